The molecule has 0 aliphatic carbocycles. The minimum atomic E-state index is 0. The number of nitrogens with zero attached hydrogens (tertiary/aromatic N) is 3. The molecule has 0 fully saturated rings. The van der Waals surface area contributed by atoms with Gasteiger partial charge in [0.05, 0.1) is 17.3 Å². The lowest BCUT2D eigenvalue weighted by Crippen LogP contribution is -2.39. The maximum absolute atomic E-state index is 13.3. The van der Waals surface area contributed by atoms with Crippen molar-refractivity contribution in [2.45, 2.75) is 30.1 Å². The number of para-hydroxylation sites is 1. The fourth-order valence-electron chi connectivity index (χ4n) is 3.36. The molecule has 0 N–H and O–H groups in total. The van der Waals surface area contributed by atoms with E-state index in [1.807, 2.05) is 29.2 Å². The van der Waals surface area contributed by atoms with Crippen LogP contribution in [0.15, 0.2) is 52.3 Å². The van der Waals surface area contributed by atoms with E-state index in [-0.39, 0.29) is 18.3 Å². The number of thioether (sulfide) groups is 2. The second-order valence-corrected chi connectivity index (χ2v) is 10.2. The summed E-state index contributed by atoms with van der Waals surface area (Å²) < 4.78 is 6.34. The van der Waals surface area contributed by atoms with Crippen LogP contribution in [0.4, 0.5) is 5.13 Å². The SMILES string of the molecule is CCN(CC)CCN(C(=O)CCSc1ccc(OC)cc1)c1nc2c(SC)cccc2s1.Cl. The molecule has 180 valence electrons. The smallest absolute Gasteiger partial charge is 0.229 e. The predicted molar refractivity (Wildman–Crippen MR) is 147 cm³/mol. The lowest BCUT2D eigenvalue weighted by atomic mass is 10.3. The normalized spacial score (nSPS) is 10.9. The Morgan fingerprint density at radius 3 is 2.45 bits per heavy atom. The van der Waals surface area contributed by atoms with Crippen LogP contribution in [0.1, 0.15) is 20.3 Å². The van der Waals surface area contributed by atoms with Gasteiger partial charge in [0, 0.05) is 35.1 Å². The number of anilines is 1. The number of amides is 1. The Bertz CT molecular complexity index is 1010. The molecule has 0 radical (unpaired) electrons. The van der Waals surface area contributed by atoms with Gasteiger partial charge in [0.25, 0.3) is 0 Å². The summed E-state index contributed by atoms with van der Waals surface area (Å²) in [4.78, 5) is 24.7. The van der Waals surface area contributed by atoms with Crippen LogP contribution >= 0.6 is 47.3 Å². The van der Waals surface area contributed by atoms with E-state index in [1.54, 1.807) is 42.0 Å². The number of thiazole rings is 1. The van der Waals surface area contributed by atoms with E-state index in [2.05, 4.69) is 43.2 Å². The lowest BCUT2D eigenvalue weighted by molar-refractivity contribution is -0.118. The lowest BCUT2D eigenvalue weighted by Gasteiger charge is -2.24. The van der Waals surface area contributed by atoms with Crippen molar-refractivity contribution in [2.75, 3.05) is 50.2 Å². The second kappa shape index (κ2) is 14.1. The van der Waals surface area contributed by atoms with Crippen molar-refractivity contribution in [3.63, 3.8) is 0 Å². The highest BCUT2D eigenvalue weighted by atomic mass is 35.5. The zero-order valence-corrected chi connectivity index (χ0v) is 22.8. The Balaban J connectivity index is 0.00000385. The summed E-state index contributed by atoms with van der Waals surface area (Å²) in [6, 6.07) is 14.2. The van der Waals surface area contributed by atoms with Crippen LogP contribution in [-0.2, 0) is 4.79 Å². The van der Waals surface area contributed by atoms with Crippen LogP contribution in [0.5, 0.6) is 5.75 Å². The number of rotatable bonds is 12. The van der Waals surface area contributed by atoms with Gasteiger partial charge in [-0.2, -0.15) is 0 Å². The number of methoxy groups -OCH3 is 1. The molecule has 9 heteroatoms. The largest absolute Gasteiger partial charge is 0.497 e. The predicted octanol–water partition coefficient (Wildman–Crippen LogP) is 6.31. The van der Waals surface area contributed by atoms with Gasteiger partial charge >= 0.3 is 0 Å². The molecule has 5 nitrogen and oxygen atoms in total. The van der Waals surface area contributed by atoms with Crippen LogP contribution in [0.25, 0.3) is 10.2 Å². The maximum Gasteiger partial charge on any atom is 0.229 e. The standard InChI is InChI=1S/C24H31N3O2S3.ClH/c1-5-26(6-2)15-16-27(24-25-23-20(30-4)8-7-9-21(23)32-24)22(28)14-17-31-19-12-10-18(29-3)11-13-19;/h7-13H,5-6,14-17H2,1-4H3;1H. The first-order valence-corrected chi connectivity index (χ1v) is 13.8. The van der Waals surface area contributed by atoms with Gasteiger partial charge in [0.1, 0.15) is 5.75 Å². The number of likely N-dealkylation sites (N-methyl/N-ethyl adjacent to an activating group) is 1. The Morgan fingerprint density at radius 1 is 1.09 bits per heavy atom. The molecule has 0 aliphatic rings. The van der Waals surface area contributed by atoms with Crippen LogP contribution < -0.4 is 9.64 Å². The summed E-state index contributed by atoms with van der Waals surface area (Å²) in [7, 11) is 1.66. The molecule has 3 rings (SSSR count). The number of aromatic nitrogens is 1. The number of ether oxygens (including phenoxy) is 1. The molecule has 0 spiro atoms. The molecule has 1 amide bonds. The molecule has 2 aromatic carbocycles. The van der Waals surface area contributed by atoms with Crippen molar-refractivity contribution in [1.82, 2.24) is 9.88 Å². The molecular formula is C24H32ClN3O2S3. The van der Waals surface area contributed by atoms with Gasteiger partial charge in [-0.05, 0) is 55.7 Å². The highest BCUT2D eigenvalue weighted by Gasteiger charge is 2.21. The first-order chi connectivity index (χ1) is 15.6. The van der Waals surface area contributed by atoms with Crippen molar-refractivity contribution in [3.05, 3.63) is 42.5 Å². The molecule has 0 saturated heterocycles. The van der Waals surface area contributed by atoms with Gasteiger partial charge < -0.3 is 9.64 Å². The average Bonchev–Trinajstić information content (AvgIpc) is 3.26. The summed E-state index contributed by atoms with van der Waals surface area (Å²) >= 11 is 4.99. The molecule has 0 bridgehead atoms. The summed E-state index contributed by atoms with van der Waals surface area (Å²) in [5, 5.41) is 0.799. The second-order valence-electron chi connectivity index (χ2n) is 7.15. The zero-order chi connectivity index (χ0) is 22.9. The molecule has 0 atom stereocenters. The Morgan fingerprint density at radius 2 is 1.82 bits per heavy atom. The number of carbonyl (C=O) groups excluding carboxylic acids is 1. The molecule has 0 saturated carbocycles. The third-order valence-corrected chi connectivity index (χ3v) is 8.13. The third kappa shape index (κ3) is 7.52. The molecule has 1 aromatic heterocycles. The number of halogens is 1. The van der Waals surface area contributed by atoms with Gasteiger partial charge in [-0.1, -0.05) is 31.3 Å². The van der Waals surface area contributed by atoms with E-state index < -0.39 is 0 Å². The topological polar surface area (TPSA) is 45.7 Å². The van der Waals surface area contributed by atoms with E-state index >= 15 is 0 Å². The first kappa shape index (κ1) is 27.8. The number of hydrogen-bond acceptors (Lipinski definition) is 7. The summed E-state index contributed by atoms with van der Waals surface area (Å²) in [5.74, 6) is 1.70. The van der Waals surface area contributed by atoms with Gasteiger partial charge in [0.2, 0.25) is 5.91 Å². The van der Waals surface area contributed by atoms with Crippen LogP contribution in [0.3, 0.4) is 0 Å². The van der Waals surface area contributed by atoms with E-state index in [9.17, 15) is 4.79 Å². The average molecular weight is 526 g/mol. The Hall–Kier alpha value is -1.45. The highest BCUT2D eigenvalue weighted by Crippen LogP contribution is 2.34. The van der Waals surface area contributed by atoms with E-state index in [0.717, 1.165) is 56.3 Å². The van der Waals surface area contributed by atoms with Crippen molar-refractivity contribution in [2.24, 2.45) is 0 Å². The molecular weight excluding hydrogens is 494 g/mol. The quantitative estimate of drug-likeness (QED) is 0.258. The van der Waals surface area contributed by atoms with Gasteiger partial charge in [-0.15, -0.1) is 35.9 Å². The number of benzene rings is 2. The summed E-state index contributed by atoms with van der Waals surface area (Å²) in [5.41, 5.74) is 0.994. The molecule has 1 heterocycles. The monoisotopic (exact) mass is 525 g/mol. The van der Waals surface area contributed by atoms with Crippen LogP contribution in [-0.4, -0.2) is 61.1 Å². The van der Waals surface area contributed by atoms with Crippen LogP contribution in [0.2, 0.25) is 0 Å². The van der Waals surface area contributed by atoms with Gasteiger partial charge in [-0.3, -0.25) is 9.69 Å². The van der Waals surface area contributed by atoms with Gasteiger partial charge in [0.15, 0.2) is 5.13 Å². The van der Waals surface area contributed by atoms with E-state index in [4.69, 9.17) is 9.72 Å². The fraction of sp³-hybridized carbons (Fsp3) is 0.417. The minimum Gasteiger partial charge on any atom is -0.497 e. The highest BCUT2D eigenvalue weighted by molar-refractivity contribution is 7.99. The Kier molecular flexibility index (Phi) is 11.8. The number of hydrogen-bond donors (Lipinski definition) is 0. The van der Waals surface area contributed by atoms with Crippen molar-refractivity contribution in [1.29, 1.82) is 0 Å². The molecule has 3 aromatic rings. The zero-order valence-electron chi connectivity index (χ0n) is 19.6. The Labute approximate surface area is 215 Å². The van der Waals surface area contributed by atoms with E-state index in [0.29, 0.717) is 13.0 Å². The van der Waals surface area contributed by atoms with Gasteiger partial charge in [-0.25, -0.2) is 4.98 Å². The number of fused-ring (bicyclic) bond motifs is 1. The first-order valence-electron chi connectivity index (χ1n) is 10.8. The van der Waals surface area contributed by atoms with Crippen LogP contribution in [0, 0.1) is 0 Å². The molecule has 0 unspecified atom stereocenters. The fourth-order valence-corrected chi connectivity index (χ4v) is 5.87. The maximum atomic E-state index is 13.3. The third-order valence-electron chi connectivity index (χ3n) is 5.30. The van der Waals surface area contributed by atoms with Crippen molar-refractivity contribution < 1.29 is 9.53 Å². The summed E-state index contributed by atoms with van der Waals surface area (Å²) in [6.45, 7) is 7.76. The summed E-state index contributed by atoms with van der Waals surface area (Å²) in [6.07, 6.45) is 2.54. The number of carbonyl (C=O) groups is 1. The molecule has 33 heavy (non-hydrogen) atoms. The van der Waals surface area contributed by atoms with Crippen molar-refractivity contribution in [3.8, 4) is 5.75 Å². The minimum absolute atomic E-state index is 0. The van der Waals surface area contributed by atoms with Crippen molar-refractivity contribution >= 4 is 68.5 Å². The van der Waals surface area contributed by atoms with E-state index in [1.165, 1.54) is 0 Å². The molecule has 0 aliphatic heterocycles.